The molecule has 6 heteroatoms. The molecule has 0 radical (unpaired) electrons. The topological polar surface area (TPSA) is 49.3 Å². The van der Waals surface area contributed by atoms with Gasteiger partial charge in [-0.2, -0.15) is 0 Å². The van der Waals surface area contributed by atoms with Gasteiger partial charge in [0.2, 0.25) is 0 Å². The summed E-state index contributed by atoms with van der Waals surface area (Å²) in [5.74, 6) is -0.840. The Balaban J connectivity index is 2.09. The number of thiophene rings is 1. The van der Waals surface area contributed by atoms with Crippen LogP contribution in [0.3, 0.4) is 0 Å². The van der Waals surface area contributed by atoms with Gasteiger partial charge in [0.1, 0.15) is 0 Å². The van der Waals surface area contributed by atoms with Crippen LogP contribution in [0.25, 0.3) is 0 Å². The maximum atomic E-state index is 11.0. The fourth-order valence-corrected chi connectivity index (χ4v) is 3.04. The van der Waals surface area contributed by atoms with E-state index in [0.717, 1.165) is 10.4 Å². The lowest BCUT2D eigenvalue weighted by Gasteiger charge is -2.16. The van der Waals surface area contributed by atoms with Crippen LogP contribution in [0.4, 0.5) is 0 Å². The van der Waals surface area contributed by atoms with Gasteiger partial charge in [-0.3, -0.25) is 4.79 Å². The van der Waals surface area contributed by atoms with Crippen molar-refractivity contribution >= 4 is 40.5 Å². The molecule has 0 amide bonds. The number of hydrogen-bond acceptors (Lipinski definition) is 3. The quantitative estimate of drug-likeness (QED) is 0.827. The van der Waals surface area contributed by atoms with Crippen LogP contribution in [-0.2, 0) is 11.3 Å². The molecule has 0 fully saturated rings. The summed E-state index contributed by atoms with van der Waals surface area (Å²) >= 11 is 13.6. The lowest BCUT2D eigenvalue weighted by Crippen LogP contribution is -2.23. The molecule has 2 N–H and O–H groups in total. The Labute approximate surface area is 131 Å². The van der Waals surface area contributed by atoms with Gasteiger partial charge in [0.05, 0.1) is 22.5 Å². The molecule has 106 valence electrons. The van der Waals surface area contributed by atoms with E-state index in [1.165, 1.54) is 11.3 Å². The predicted molar refractivity (Wildman–Crippen MR) is 82.6 cm³/mol. The van der Waals surface area contributed by atoms with Crippen LogP contribution in [0.1, 0.15) is 22.9 Å². The molecule has 3 nitrogen and oxygen atoms in total. The zero-order chi connectivity index (χ0) is 14.5. The minimum absolute atomic E-state index is 0.0265. The van der Waals surface area contributed by atoms with Crippen molar-refractivity contribution in [3.05, 3.63) is 56.2 Å². The Morgan fingerprint density at radius 2 is 2.10 bits per heavy atom. The fraction of sp³-hybridized carbons (Fsp3) is 0.214. The molecular weight excluding hydrogens is 317 g/mol. The Hall–Kier alpha value is -1.07. The number of carbonyl (C=O) groups is 1. The molecule has 0 aliphatic rings. The minimum Gasteiger partial charge on any atom is -0.481 e. The molecule has 2 aromatic rings. The number of aliphatic carboxylic acids is 1. The molecule has 0 spiro atoms. The second-order valence-corrected chi connectivity index (χ2v) is 6.02. The summed E-state index contributed by atoms with van der Waals surface area (Å²) in [4.78, 5) is 11.9. The van der Waals surface area contributed by atoms with Crippen molar-refractivity contribution in [3.63, 3.8) is 0 Å². The Kier molecular flexibility index (Phi) is 5.43. The summed E-state index contributed by atoms with van der Waals surface area (Å²) in [7, 11) is 0. The molecule has 1 unspecified atom stereocenters. The summed E-state index contributed by atoms with van der Waals surface area (Å²) in [5.41, 5.74) is 0.853. The number of benzene rings is 1. The van der Waals surface area contributed by atoms with Gasteiger partial charge >= 0.3 is 5.97 Å². The smallest absolute Gasteiger partial charge is 0.305 e. The third kappa shape index (κ3) is 3.96. The fourth-order valence-electron chi connectivity index (χ4n) is 1.86. The van der Waals surface area contributed by atoms with Crippen LogP contribution >= 0.6 is 34.5 Å². The van der Waals surface area contributed by atoms with Crippen molar-refractivity contribution in [2.24, 2.45) is 0 Å². The highest BCUT2D eigenvalue weighted by molar-refractivity contribution is 7.10. The van der Waals surface area contributed by atoms with Crippen molar-refractivity contribution in [2.75, 3.05) is 0 Å². The number of rotatable bonds is 6. The van der Waals surface area contributed by atoms with E-state index in [0.29, 0.717) is 16.6 Å². The SMILES string of the molecule is O=C(O)CC(NCc1cccc(Cl)c1Cl)c1cccs1. The highest BCUT2D eigenvalue weighted by atomic mass is 35.5. The van der Waals surface area contributed by atoms with Gasteiger partial charge in [0.15, 0.2) is 0 Å². The molecule has 1 aromatic heterocycles. The second-order valence-electron chi connectivity index (χ2n) is 4.26. The van der Waals surface area contributed by atoms with Gasteiger partial charge in [-0.05, 0) is 23.1 Å². The van der Waals surface area contributed by atoms with Crippen LogP contribution < -0.4 is 5.32 Å². The van der Waals surface area contributed by atoms with Crippen LogP contribution in [0.2, 0.25) is 10.0 Å². The molecule has 1 atom stereocenters. The molecule has 0 aliphatic heterocycles. The standard InChI is InChI=1S/C14H13Cl2NO2S/c15-10-4-1-3-9(14(10)16)8-17-11(7-13(18)19)12-5-2-6-20-12/h1-6,11,17H,7-8H2,(H,18,19). The maximum Gasteiger partial charge on any atom is 0.305 e. The Morgan fingerprint density at radius 3 is 2.75 bits per heavy atom. The van der Waals surface area contributed by atoms with Crippen molar-refractivity contribution in [1.82, 2.24) is 5.32 Å². The molecule has 1 heterocycles. The predicted octanol–water partition coefficient (Wildman–Crippen LogP) is 4.36. The summed E-state index contributed by atoms with van der Waals surface area (Å²) in [6.07, 6.45) is 0.0265. The van der Waals surface area contributed by atoms with Crippen LogP contribution in [-0.4, -0.2) is 11.1 Å². The monoisotopic (exact) mass is 329 g/mol. The zero-order valence-corrected chi connectivity index (χ0v) is 12.8. The van der Waals surface area contributed by atoms with Gasteiger partial charge in [-0.25, -0.2) is 0 Å². The zero-order valence-electron chi connectivity index (χ0n) is 10.5. The Bertz CT molecular complexity index is 587. The average molecular weight is 330 g/mol. The molecule has 0 saturated carbocycles. The molecule has 20 heavy (non-hydrogen) atoms. The minimum atomic E-state index is -0.840. The highest BCUT2D eigenvalue weighted by Gasteiger charge is 2.16. The first-order valence-electron chi connectivity index (χ1n) is 5.99. The third-order valence-corrected chi connectivity index (χ3v) is 4.68. The van der Waals surface area contributed by atoms with E-state index in [1.54, 1.807) is 6.07 Å². The average Bonchev–Trinajstić information content (AvgIpc) is 2.92. The second kappa shape index (κ2) is 7.09. The van der Waals surface area contributed by atoms with Crippen LogP contribution in [0, 0.1) is 0 Å². The number of carboxylic acid groups (broad SMARTS) is 1. The van der Waals surface area contributed by atoms with E-state index in [1.807, 2.05) is 29.6 Å². The lowest BCUT2D eigenvalue weighted by atomic mass is 10.1. The lowest BCUT2D eigenvalue weighted by molar-refractivity contribution is -0.137. The van der Waals surface area contributed by atoms with E-state index in [-0.39, 0.29) is 12.5 Å². The molecule has 0 saturated heterocycles. The highest BCUT2D eigenvalue weighted by Crippen LogP contribution is 2.27. The van der Waals surface area contributed by atoms with Crippen LogP contribution in [0.5, 0.6) is 0 Å². The number of carboxylic acids is 1. The number of nitrogens with one attached hydrogen (secondary N) is 1. The molecule has 2 rings (SSSR count). The van der Waals surface area contributed by atoms with E-state index in [2.05, 4.69) is 5.32 Å². The summed E-state index contributed by atoms with van der Waals surface area (Å²) in [5, 5.41) is 15.1. The van der Waals surface area contributed by atoms with Crippen molar-refractivity contribution in [3.8, 4) is 0 Å². The molecule has 0 bridgehead atoms. The van der Waals surface area contributed by atoms with E-state index >= 15 is 0 Å². The normalized spacial score (nSPS) is 12.3. The number of hydrogen-bond donors (Lipinski definition) is 2. The van der Waals surface area contributed by atoms with Gasteiger partial charge in [-0.15, -0.1) is 11.3 Å². The third-order valence-electron chi connectivity index (χ3n) is 2.84. The van der Waals surface area contributed by atoms with E-state index in [4.69, 9.17) is 28.3 Å². The first kappa shape index (κ1) is 15.3. The summed E-state index contributed by atoms with van der Waals surface area (Å²) in [6, 6.07) is 9.01. The molecule has 0 aliphatic carbocycles. The largest absolute Gasteiger partial charge is 0.481 e. The first-order chi connectivity index (χ1) is 9.58. The maximum absolute atomic E-state index is 11.0. The molecular formula is C14H13Cl2NO2S. The number of halogens is 2. The molecule has 1 aromatic carbocycles. The van der Waals surface area contributed by atoms with Crippen LogP contribution in [0.15, 0.2) is 35.7 Å². The van der Waals surface area contributed by atoms with E-state index in [9.17, 15) is 4.79 Å². The Morgan fingerprint density at radius 1 is 1.30 bits per heavy atom. The van der Waals surface area contributed by atoms with Crippen molar-refractivity contribution in [2.45, 2.75) is 19.0 Å². The van der Waals surface area contributed by atoms with Gasteiger partial charge in [0.25, 0.3) is 0 Å². The van der Waals surface area contributed by atoms with Gasteiger partial charge in [-0.1, -0.05) is 41.4 Å². The first-order valence-corrected chi connectivity index (χ1v) is 7.63. The van der Waals surface area contributed by atoms with Gasteiger partial charge in [0, 0.05) is 11.4 Å². The van der Waals surface area contributed by atoms with Crippen molar-refractivity contribution < 1.29 is 9.90 Å². The van der Waals surface area contributed by atoms with E-state index < -0.39 is 5.97 Å². The summed E-state index contributed by atoms with van der Waals surface area (Å²) in [6.45, 7) is 0.468. The van der Waals surface area contributed by atoms with Gasteiger partial charge < -0.3 is 10.4 Å². The summed E-state index contributed by atoms with van der Waals surface area (Å²) < 4.78 is 0. The van der Waals surface area contributed by atoms with Crippen molar-refractivity contribution in [1.29, 1.82) is 0 Å².